The zero-order valence-electron chi connectivity index (χ0n) is 12.0. The summed E-state index contributed by atoms with van der Waals surface area (Å²) in [6, 6.07) is 4.81. The van der Waals surface area contributed by atoms with Crippen LogP contribution in [0.3, 0.4) is 0 Å². The summed E-state index contributed by atoms with van der Waals surface area (Å²) in [5.74, 6) is 0.692. The van der Waals surface area contributed by atoms with Crippen LogP contribution in [0, 0.1) is 5.92 Å². The maximum atomic E-state index is 12.6. The van der Waals surface area contributed by atoms with Crippen molar-refractivity contribution in [3.05, 3.63) is 28.8 Å². The molecule has 0 aromatic heterocycles. The Labute approximate surface area is 128 Å². The van der Waals surface area contributed by atoms with Crippen molar-refractivity contribution < 1.29 is 14.3 Å². The van der Waals surface area contributed by atoms with E-state index in [-0.39, 0.29) is 24.4 Å². The van der Waals surface area contributed by atoms with Crippen molar-refractivity contribution in [2.45, 2.75) is 31.8 Å². The van der Waals surface area contributed by atoms with Crippen LogP contribution in [0.4, 0.5) is 4.79 Å². The van der Waals surface area contributed by atoms with E-state index in [1.165, 1.54) is 4.90 Å². The molecule has 3 rings (SSSR count). The Morgan fingerprint density at radius 2 is 2.14 bits per heavy atom. The number of nitrogens with one attached hydrogen (secondary N) is 1. The van der Waals surface area contributed by atoms with Crippen molar-refractivity contribution in [2.75, 3.05) is 7.11 Å². The molecule has 1 aromatic carbocycles. The van der Waals surface area contributed by atoms with Gasteiger partial charge in [-0.25, -0.2) is 4.79 Å². The number of carbonyl (C=O) groups excluding carboxylic acids is 2. The lowest BCUT2D eigenvalue weighted by Gasteiger charge is -2.21. The number of urea groups is 1. The zero-order valence-corrected chi connectivity index (χ0v) is 12.7. The van der Waals surface area contributed by atoms with Crippen molar-refractivity contribution in [2.24, 2.45) is 5.92 Å². The lowest BCUT2D eigenvalue weighted by molar-refractivity contribution is -0.131. The van der Waals surface area contributed by atoms with Crippen molar-refractivity contribution in [3.8, 4) is 5.75 Å². The van der Waals surface area contributed by atoms with Crippen LogP contribution in [0.2, 0.25) is 5.02 Å². The quantitative estimate of drug-likeness (QED) is 0.870. The summed E-state index contributed by atoms with van der Waals surface area (Å²) in [5.41, 5.74) is -0.0448. The van der Waals surface area contributed by atoms with Gasteiger partial charge in [0.05, 0.1) is 13.7 Å². The zero-order chi connectivity index (χ0) is 15.2. The molecule has 1 saturated carbocycles. The molecule has 2 aliphatic rings. The second-order valence-electron chi connectivity index (χ2n) is 5.75. The third-order valence-electron chi connectivity index (χ3n) is 4.27. The highest BCUT2D eigenvalue weighted by Crippen LogP contribution is 2.43. The Bertz CT molecular complexity index is 615. The number of amides is 3. The molecular formula is C15H17ClN2O3. The minimum absolute atomic E-state index is 0.163. The highest BCUT2D eigenvalue weighted by molar-refractivity contribution is 6.30. The normalized spacial score (nSPS) is 25.2. The molecule has 1 atom stereocenters. The van der Waals surface area contributed by atoms with Crippen molar-refractivity contribution in [1.29, 1.82) is 0 Å². The first-order chi connectivity index (χ1) is 9.95. The van der Waals surface area contributed by atoms with Gasteiger partial charge >= 0.3 is 6.03 Å². The fourth-order valence-corrected chi connectivity index (χ4v) is 3.03. The van der Waals surface area contributed by atoms with Gasteiger partial charge in [-0.2, -0.15) is 0 Å². The smallest absolute Gasteiger partial charge is 0.325 e. The van der Waals surface area contributed by atoms with E-state index in [2.05, 4.69) is 5.32 Å². The third-order valence-corrected chi connectivity index (χ3v) is 4.50. The first-order valence-corrected chi connectivity index (χ1v) is 7.30. The van der Waals surface area contributed by atoms with Gasteiger partial charge in [0.15, 0.2) is 0 Å². The first kappa shape index (κ1) is 14.2. The van der Waals surface area contributed by atoms with Gasteiger partial charge in [0, 0.05) is 10.6 Å². The molecule has 2 fully saturated rings. The molecule has 0 spiro atoms. The number of methoxy groups -OCH3 is 1. The Morgan fingerprint density at radius 1 is 1.43 bits per heavy atom. The maximum absolute atomic E-state index is 12.6. The Balaban J connectivity index is 1.86. The van der Waals surface area contributed by atoms with E-state index in [9.17, 15) is 9.59 Å². The van der Waals surface area contributed by atoms with Crippen LogP contribution in [-0.2, 0) is 11.3 Å². The fraction of sp³-hybridized carbons (Fsp3) is 0.467. The summed E-state index contributed by atoms with van der Waals surface area (Å²) in [5, 5.41) is 3.37. The molecule has 112 valence electrons. The number of ether oxygens (including phenoxy) is 1. The maximum Gasteiger partial charge on any atom is 0.325 e. The predicted molar refractivity (Wildman–Crippen MR) is 78.2 cm³/mol. The summed E-state index contributed by atoms with van der Waals surface area (Å²) in [6.45, 7) is 1.97. The van der Waals surface area contributed by atoms with Crippen LogP contribution >= 0.6 is 11.6 Å². The van der Waals surface area contributed by atoms with E-state index >= 15 is 0 Å². The van der Waals surface area contributed by atoms with Gasteiger partial charge in [0.1, 0.15) is 11.3 Å². The van der Waals surface area contributed by atoms with E-state index in [1.54, 1.807) is 32.2 Å². The lowest BCUT2D eigenvalue weighted by Crippen LogP contribution is -2.46. The van der Waals surface area contributed by atoms with Crippen LogP contribution < -0.4 is 10.1 Å². The van der Waals surface area contributed by atoms with Crippen molar-refractivity contribution >= 4 is 23.5 Å². The molecule has 1 aliphatic heterocycles. The van der Waals surface area contributed by atoms with Gasteiger partial charge in [0.25, 0.3) is 5.91 Å². The minimum Gasteiger partial charge on any atom is -0.496 e. The van der Waals surface area contributed by atoms with Crippen molar-refractivity contribution in [1.82, 2.24) is 10.2 Å². The molecule has 1 heterocycles. The van der Waals surface area contributed by atoms with E-state index in [1.807, 2.05) is 0 Å². The Morgan fingerprint density at radius 3 is 2.76 bits per heavy atom. The number of carbonyl (C=O) groups is 2. The molecule has 0 bridgehead atoms. The lowest BCUT2D eigenvalue weighted by atomic mass is 9.96. The van der Waals surface area contributed by atoms with Gasteiger partial charge in [-0.15, -0.1) is 0 Å². The van der Waals surface area contributed by atoms with Gasteiger partial charge in [-0.3, -0.25) is 9.69 Å². The topological polar surface area (TPSA) is 58.6 Å². The second-order valence-corrected chi connectivity index (χ2v) is 6.19. The summed E-state index contributed by atoms with van der Waals surface area (Å²) in [4.78, 5) is 26.0. The average Bonchev–Trinajstić information content (AvgIpc) is 3.25. The molecule has 1 N–H and O–H groups in total. The highest BCUT2D eigenvalue weighted by Gasteiger charge is 2.55. The van der Waals surface area contributed by atoms with Gasteiger partial charge in [-0.05, 0) is 43.9 Å². The average molecular weight is 309 g/mol. The summed E-state index contributed by atoms with van der Waals surface area (Å²) in [6.07, 6.45) is 1.97. The molecule has 1 aliphatic carbocycles. The fourth-order valence-electron chi connectivity index (χ4n) is 2.84. The number of halogens is 1. The molecular weight excluding hydrogens is 292 g/mol. The summed E-state index contributed by atoms with van der Waals surface area (Å²) < 4.78 is 5.26. The van der Waals surface area contributed by atoms with Crippen LogP contribution in [-0.4, -0.2) is 29.5 Å². The Kier molecular flexibility index (Phi) is 3.32. The molecule has 1 unspecified atom stereocenters. The van der Waals surface area contributed by atoms with Crippen molar-refractivity contribution in [3.63, 3.8) is 0 Å². The van der Waals surface area contributed by atoms with E-state index in [4.69, 9.17) is 16.3 Å². The van der Waals surface area contributed by atoms with Gasteiger partial charge in [0.2, 0.25) is 0 Å². The van der Waals surface area contributed by atoms with E-state index < -0.39 is 5.54 Å². The van der Waals surface area contributed by atoms with E-state index in [0.717, 1.165) is 12.8 Å². The molecule has 0 radical (unpaired) electrons. The second kappa shape index (κ2) is 4.91. The SMILES string of the molecule is COc1ccc(Cl)cc1CN1C(=O)NC(C)(C2CC2)C1=O. The molecule has 21 heavy (non-hydrogen) atoms. The van der Waals surface area contributed by atoms with Crippen LogP contribution in [0.1, 0.15) is 25.3 Å². The van der Waals surface area contributed by atoms with Crippen LogP contribution in [0.15, 0.2) is 18.2 Å². The standard InChI is InChI=1S/C15H17ClN2O3/c1-15(10-3-4-10)13(19)18(14(20)17-15)8-9-7-11(16)5-6-12(9)21-2/h5-7,10H,3-4,8H2,1-2H3,(H,17,20). The summed E-state index contributed by atoms with van der Waals surface area (Å²) >= 11 is 5.99. The molecule has 1 aromatic rings. The number of hydrogen-bond donors (Lipinski definition) is 1. The number of nitrogens with zero attached hydrogens (tertiary/aromatic N) is 1. The highest BCUT2D eigenvalue weighted by atomic mass is 35.5. The van der Waals surface area contributed by atoms with Gasteiger partial charge in [-0.1, -0.05) is 11.6 Å². The Hall–Kier alpha value is -1.75. The largest absolute Gasteiger partial charge is 0.496 e. The third kappa shape index (κ3) is 2.35. The minimum atomic E-state index is -0.761. The van der Waals surface area contributed by atoms with Crippen LogP contribution in [0.5, 0.6) is 5.75 Å². The number of hydrogen-bond acceptors (Lipinski definition) is 3. The molecule has 1 saturated heterocycles. The monoisotopic (exact) mass is 308 g/mol. The van der Waals surface area contributed by atoms with Crippen LogP contribution in [0.25, 0.3) is 0 Å². The molecule has 6 heteroatoms. The van der Waals surface area contributed by atoms with Gasteiger partial charge < -0.3 is 10.1 Å². The first-order valence-electron chi connectivity index (χ1n) is 6.92. The number of rotatable bonds is 4. The predicted octanol–water partition coefficient (Wildman–Crippen LogP) is 2.57. The number of benzene rings is 1. The molecule has 3 amide bonds. The number of imide groups is 1. The summed E-state index contributed by atoms with van der Waals surface area (Å²) in [7, 11) is 1.55. The molecule has 5 nitrogen and oxygen atoms in total. The van der Waals surface area contributed by atoms with E-state index in [0.29, 0.717) is 16.3 Å².